The first-order valence-corrected chi connectivity index (χ1v) is 9.12. The Morgan fingerprint density at radius 2 is 1.50 bits per heavy atom. The molecule has 1 N–H and O–H groups in total. The van der Waals surface area contributed by atoms with Crippen molar-refractivity contribution in [2.45, 2.75) is 6.42 Å². The Bertz CT molecular complexity index is 1150. The number of hydrogen-bond acceptors (Lipinski definition) is 3. The molecule has 0 radical (unpaired) electrons. The van der Waals surface area contributed by atoms with Crippen LogP contribution >= 0.6 is 0 Å². The third kappa shape index (κ3) is 3.60. The van der Waals surface area contributed by atoms with Gasteiger partial charge in [0, 0.05) is 6.42 Å². The molecule has 0 amide bonds. The highest BCUT2D eigenvalue weighted by atomic mass is 16.5. The van der Waals surface area contributed by atoms with Gasteiger partial charge < -0.3 is 9.84 Å². The van der Waals surface area contributed by atoms with Crippen LogP contribution in [0.3, 0.4) is 0 Å². The maximum Gasteiger partial charge on any atom is 0.337 e. The molecule has 3 heteroatoms. The summed E-state index contributed by atoms with van der Waals surface area (Å²) in [7, 11) is 1.38. The van der Waals surface area contributed by atoms with Crippen LogP contribution in [0.1, 0.15) is 21.5 Å². The topological polar surface area (TPSA) is 46.5 Å². The fourth-order valence-corrected chi connectivity index (χ4v) is 3.39. The van der Waals surface area contributed by atoms with Crippen molar-refractivity contribution in [3.05, 3.63) is 102 Å². The first-order valence-electron chi connectivity index (χ1n) is 9.12. The Morgan fingerprint density at radius 3 is 2.29 bits per heavy atom. The van der Waals surface area contributed by atoms with E-state index in [-0.39, 0.29) is 5.97 Å². The lowest BCUT2D eigenvalue weighted by Gasteiger charge is -2.10. The lowest BCUT2D eigenvalue weighted by Crippen LogP contribution is -2.00. The zero-order valence-electron chi connectivity index (χ0n) is 15.6. The van der Waals surface area contributed by atoms with Gasteiger partial charge in [-0.2, -0.15) is 0 Å². The van der Waals surface area contributed by atoms with Crippen molar-refractivity contribution in [3.63, 3.8) is 0 Å². The zero-order valence-corrected chi connectivity index (χ0v) is 15.6. The molecule has 0 aliphatic carbocycles. The van der Waals surface area contributed by atoms with Crippen LogP contribution in [-0.2, 0) is 11.2 Å². The summed E-state index contributed by atoms with van der Waals surface area (Å²) in [5.41, 5.74) is 4.70. The van der Waals surface area contributed by atoms with E-state index in [1.165, 1.54) is 7.11 Å². The van der Waals surface area contributed by atoms with E-state index < -0.39 is 0 Å². The van der Waals surface area contributed by atoms with Crippen LogP contribution in [0.15, 0.2) is 84.9 Å². The number of esters is 1. The van der Waals surface area contributed by atoms with E-state index in [1.54, 1.807) is 12.1 Å². The van der Waals surface area contributed by atoms with Crippen LogP contribution in [0.4, 0.5) is 0 Å². The van der Waals surface area contributed by atoms with Gasteiger partial charge in [0.05, 0.1) is 12.7 Å². The number of fused-ring (bicyclic) bond motifs is 1. The number of benzene rings is 4. The summed E-state index contributed by atoms with van der Waals surface area (Å²) < 4.78 is 4.79. The quantitative estimate of drug-likeness (QED) is 0.478. The molecule has 0 atom stereocenters. The third-order valence-electron chi connectivity index (χ3n) is 4.91. The van der Waals surface area contributed by atoms with Gasteiger partial charge in [0.1, 0.15) is 5.75 Å². The van der Waals surface area contributed by atoms with Gasteiger partial charge in [0.25, 0.3) is 0 Å². The summed E-state index contributed by atoms with van der Waals surface area (Å²) in [6.45, 7) is 0. The van der Waals surface area contributed by atoms with E-state index in [0.717, 1.165) is 33.0 Å². The van der Waals surface area contributed by atoms with E-state index in [4.69, 9.17) is 4.74 Å². The fourth-order valence-electron chi connectivity index (χ4n) is 3.39. The van der Waals surface area contributed by atoms with Crippen LogP contribution in [-0.4, -0.2) is 18.2 Å². The molecule has 0 heterocycles. The Labute approximate surface area is 163 Å². The van der Waals surface area contributed by atoms with Crippen LogP contribution in [0.5, 0.6) is 5.75 Å². The average Bonchev–Trinajstić information content (AvgIpc) is 2.74. The van der Waals surface area contributed by atoms with Crippen molar-refractivity contribution in [1.29, 1.82) is 0 Å². The number of rotatable bonds is 4. The lowest BCUT2D eigenvalue weighted by atomic mass is 9.96. The Balaban J connectivity index is 1.69. The summed E-state index contributed by atoms with van der Waals surface area (Å²) in [6, 6.07) is 27.5. The van der Waals surface area contributed by atoms with Gasteiger partial charge in [-0.3, -0.25) is 0 Å². The summed E-state index contributed by atoms with van der Waals surface area (Å²) in [6.07, 6.45) is 0.677. The second-order valence-corrected chi connectivity index (χ2v) is 6.77. The molecule has 0 bridgehead atoms. The maximum atomic E-state index is 11.7. The van der Waals surface area contributed by atoms with Gasteiger partial charge >= 0.3 is 5.97 Å². The first kappa shape index (κ1) is 17.8. The van der Waals surface area contributed by atoms with Crippen LogP contribution in [0.25, 0.3) is 21.9 Å². The van der Waals surface area contributed by atoms with Crippen LogP contribution in [0.2, 0.25) is 0 Å². The standard InChI is InChI=1S/C25H20O3/c1-28-25(27)22-10-9-19-14-18(7-8-20(19)15-22)21-11-12-24(26)23(16-21)13-17-5-3-2-4-6-17/h2-12,14-16,26H,13H2,1H3. The third-order valence-corrected chi connectivity index (χ3v) is 4.91. The maximum absolute atomic E-state index is 11.7. The van der Waals surface area contributed by atoms with E-state index in [9.17, 15) is 9.90 Å². The Morgan fingerprint density at radius 1 is 0.821 bits per heavy atom. The summed E-state index contributed by atoms with van der Waals surface area (Å²) >= 11 is 0. The molecule has 4 aromatic carbocycles. The van der Waals surface area contributed by atoms with E-state index >= 15 is 0 Å². The van der Waals surface area contributed by atoms with Crippen molar-refractivity contribution in [3.8, 4) is 16.9 Å². The molecule has 3 nitrogen and oxygen atoms in total. The van der Waals surface area contributed by atoms with Crippen LogP contribution < -0.4 is 0 Å². The molecule has 0 saturated carbocycles. The number of phenols is 1. The molecule has 0 fully saturated rings. The molecule has 138 valence electrons. The number of phenolic OH excluding ortho intramolecular Hbond substituents is 1. The number of carbonyl (C=O) groups is 1. The molecule has 0 unspecified atom stereocenters. The van der Waals surface area contributed by atoms with Gasteiger partial charge in [-0.15, -0.1) is 0 Å². The minimum absolute atomic E-state index is 0.302. The largest absolute Gasteiger partial charge is 0.508 e. The Hall–Kier alpha value is -3.59. The van der Waals surface area contributed by atoms with Gasteiger partial charge in [-0.1, -0.05) is 54.6 Å². The van der Waals surface area contributed by atoms with E-state index in [1.807, 2.05) is 54.6 Å². The van der Waals surface area contributed by atoms with E-state index in [0.29, 0.717) is 17.7 Å². The number of methoxy groups -OCH3 is 1. The highest BCUT2D eigenvalue weighted by Gasteiger charge is 2.09. The van der Waals surface area contributed by atoms with Gasteiger partial charge in [0.15, 0.2) is 0 Å². The molecule has 0 aromatic heterocycles. The molecule has 0 aliphatic rings. The predicted molar refractivity (Wildman–Crippen MR) is 112 cm³/mol. The van der Waals surface area contributed by atoms with Gasteiger partial charge in [-0.25, -0.2) is 4.79 Å². The smallest absolute Gasteiger partial charge is 0.337 e. The van der Waals surface area contributed by atoms with Crippen molar-refractivity contribution >= 4 is 16.7 Å². The number of carbonyl (C=O) groups excluding carboxylic acids is 1. The second-order valence-electron chi connectivity index (χ2n) is 6.77. The molecule has 4 rings (SSSR count). The van der Waals surface area contributed by atoms with Crippen molar-refractivity contribution in [1.82, 2.24) is 0 Å². The predicted octanol–water partition coefficient (Wildman–Crippen LogP) is 5.59. The first-order chi connectivity index (χ1) is 13.6. The van der Waals surface area contributed by atoms with Crippen LogP contribution in [0, 0.1) is 0 Å². The molecular formula is C25H20O3. The minimum atomic E-state index is -0.338. The molecule has 0 aliphatic heterocycles. The minimum Gasteiger partial charge on any atom is -0.508 e. The monoisotopic (exact) mass is 368 g/mol. The molecule has 0 spiro atoms. The summed E-state index contributed by atoms with van der Waals surface area (Å²) in [5.74, 6) is -0.0359. The second kappa shape index (κ2) is 7.57. The molecule has 0 saturated heterocycles. The number of aromatic hydroxyl groups is 1. The number of ether oxygens (including phenoxy) is 1. The van der Waals surface area contributed by atoms with Gasteiger partial charge in [0.2, 0.25) is 0 Å². The summed E-state index contributed by atoms with van der Waals surface area (Å²) in [4.78, 5) is 11.7. The van der Waals surface area contributed by atoms with Gasteiger partial charge in [-0.05, 0) is 63.4 Å². The summed E-state index contributed by atoms with van der Waals surface area (Å²) in [5, 5.41) is 12.3. The highest BCUT2D eigenvalue weighted by Crippen LogP contribution is 2.30. The SMILES string of the molecule is COC(=O)c1ccc2cc(-c3ccc(O)c(Cc4ccccc4)c3)ccc2c1. The average molecular weight is 368 g/mol. The van der Waals surface area contributed by atoms with E-state index in [2.05, 4.69) is 18.2 Å². The lowest BCUT2D eigenvalue weighted by molar-refractivity contribution is 0.0601. The highest BCUT2D eigenvalue weighted by molar-refractivity contribution is 5.96. The Kier molecular flexibility index (Phi) is 4.81. The van der Waals surface area contributed by atoms with Crippen molar-refractivity contribution in [2.75, 3.05) is 7.11 Å². The molecular weight excluding hydrogens is 348 g/mol. The zero-order chi connectivity index (χ0) is 19.5. The van der Waals surface area contributed by atoms with Crippen molar-refractivity contribution in [2.24, 2.45) is 0 Å². The normalized spacial score (nSPS) is 10.8. The number of hydrogen-bond donors (Lipinski definition) is 1. The molecule has 28 heavy (non-hydrogen) atoms. The fraction of sp³-hybridized carbons (Fsp3) is 0.0800. The molecule has 4 aromatic rings. The van der Waals surface area contributed by atoms with Crippen molar-refractivity contribution < 1.29 is 14.6 Å².